The fraction of sp³-hybridized carbons (Fsp3) is 0.0270. The molecule has 0 N–H and O–H groups in total. The van der Waals surface area contributed by atoms with Gasteiger partial charge in [0, 0.05) is 15.7 Å². The van der Waals surface area contributed by atoms with Gasteiger partial charge < -0.3 is 0 Å². The fourth-order valence-corrected chi connectivity index (χ4v) is 7.36. The Morgan fingerprint density at radius 1 is 0.395 bits per heavy atom. The maximum absolute atomic E-state index is 2.42. The highest BCUT2D eigenvalue weighted by Crippen LogP contribution is 2.53. The van der Waals surface area contributed by atoms with E-state index in [4.69, 9.17) is 0 Å². The third-order valence-electron chi connectivity index (χ3n) is 7.96. The van der Waals surface area contributed by atoms with Crippen molar-refractivity contribution in [3.05, 3.63) is 156 Å². The van der Waals surface area contributed by atoms with E-state index >= 15 is 0 Å². The van der Waals surface area contributed by atoms with Gasteiger partial charge in [0.05, 0.1) is 0 Å². The van der Waals surface area contributed by atoms with E-state index in [1.54, 1.807) is 0 Å². The van der Waals surface area contributed by atoms with Crippen molar-refractivity contribution in [1.29, 1.82) is 0 Å². The number of rotatable bonds is 2. The Bertz CT molecular complexity index is 1920. The fourth-order valence-electron chi connectivity index (χ4n) is 6.17. The van der Waals surface area contributed by atoms with Crippen LogP contribution in [0.25, 0.3) is 43.4 Å². The van der Waals surface area contributed by atoms with Gasteiger partial charge in [-0.1, -0.05) is 133 Å². The van der Waals surface area contributed by atoms with Crippen LogP contribution in [0.3, 0.4) is 0 Å². The molecule has 38 heavy (non-hydrogen) atoms. The molecule has 0 spiro atoms. The highest BCUT2D eigenvalue weighted by atomic mass is 32.2. The summed E-state index contributed by atoms with van der Waals surface area (Å²) in [4.78, 5) is 2.71. The second-order valence-corrected chi connectivity index (χ2v) is 11.2. The van der Waals surface area contributed by atoms with E-state index in [-0.39, 0.29) is 5.92 Å². The molecule has 0 saturated carbocycles. The van der Waals surface area contributed by atoms with Gasteiger partial charge in [0.25, 0.3) is 0 Å². The Kier molecular flexibility index (Phi) is 4.93. The lowest BCUT2D eigenvalue weighted by Crippen LogP contribution is -2.11. The van der Waals surface area contributed by atoms with E-state index in [2.05, 4.69) is 140 Å². The van der Waals surface area contributed by atoms with Crippen LogP contribution in [0.4, 0.5) is 0 Å². The van der Waals surface area contributed by atoms with E-state index in [0.29, 0.717) is 0 Å². The summed E-state index contributed by atoms with van der Waals surface area (Å²) < 4.78 is 0. The van der Waals surface area contributed by atoms with Crippen molar-refractivity contribution in [1.82, 2.24) is 0 Å². The van der Waals surface area contributed by atoms with Crippen LogP contribution in [-0.4, -0.2) is 0 Å². The largest absolute Gasteiger partial charge is 0.0894 e. The summed E-state index contributed by atoms with van der Waals surface area (Å²) >= 11 is 1.91. The van der Waals surface area contributed by atoms with Crippen LogP contribution in [0.1, 0.15) is 22.6 Å². The van der Waals surface area contributed by atoms with Crippen LogP contribution in [-0.2, 0) is 0 Å². The second-order valence-electron chi connectivity index (χ2n) is 10.1. The van der Waals surface area contributed by atoms with Crippen molar-refractivity contribution in [2.75, 3.05) is 0 Å². The summed E-state index contributed by atoms with van der Waals surface area (Å²) in [6.45, 7) is 0. The summed E-state index contributed by atoms with van der Waals surface area (Å²) in [5.41, 5.74) is 6.71. The Balaban J connectivity index is 1.39. The highest BCUT2D eigenvalue weighted by molar-refractivity contribution is 7.99. The summed E-state index contributed by atoms with van der Waals surface area (Å²) in [7, 11) is 0. The zero-order valence-corrected chi connectivity index (χ0v) is 21.6. The number of hydrogen-bond acceptors (Lipinski definition) is 1. The van der Waals surface area contributed by atoms with Gasteiger partial charge in [-0.25, -0.2) is 0 Å². The van der Waals surface area contributed by atoms with E-state index in [1.807, 2.05) is 11.8 Å². The molecule has 7 aromatic carbocycles. The third-order valence-corrected chi connectivity index (χ3v) is 9.12. The first-order chi connectivity index (χ1) is 18.8. The first-order valence-corrected chi connectivity index (χ1v) is 14.0. The minimum Gasteiger partial charge on any atom is -0.0894 e. The Morgan fingerprint density at radius 3 is 1.63 bits per heavy atom. The Hall–Kier alpha value is -4.33. The average molecular weight is 501 g/mol. The van der Waals surface area contributed by atoms with Crippen LogP contribution in [0.2, 0.25) is 0 Å². The molecule has 1 heterocycles. The molecule has 1 aliphatic rings. The maximum atomic E-state index is 2.42. The number of hydrogen-bond donors (Lipinski definition) is 0. The molecule has 0 bridgehead atoms. The summed E-state index contributed by atoms with van der Waals surface area (Å²) in [6.07, 6.45) is 0. The van der Waals surface area contributed by atoms with Crippen LogP contribution in [0.15, 0.2) is 149 Å². The SMILES string of the molecule is c1ccc(-c2ccc3cc(C4c5c(ccc6ccccc56)Sc5ccc6ccccc6c54)ccc3c2)cc1. The summed E-state index contributed by atoms with van der Waals surface area (Å²) in [5, 5.41) is 7.85. The zero-order chi connectivity index (χ0) is 25.1. The van der Waals surface area contributed by atoms with Crippen molar-refractivity contribution in [2.45, 2.75) is 15.7 Å². The molecule has 0 radical (unpaired) electrons. The van der Waals surface area contributed by atoms with Gasteiger partial charge >= 0.3 is 0 Å². The van der Waals surface area contributed by atoms with Crippen molar-refractivity contribution in [3.8, 4) is 11.1 Å². The first-order valence-electron chi connectivity index (χ1n) is 13.1. The summed E-state index contributed by atoms with van der Waals surface area (Å²) in [5.74, 6) is 0.164. The molecule has 0 unspecified atom stereocenters. The van der Waals surface area contributed by atoms with Gasteiger partial charge in [0.15, 0.2) is 0 Å². The molecular formula is C37H24S. The van der Waals surface area contributed by atoms with E-state index in [1.165, 1.54) is 69.9 Å². The normalized spacial score (nSPS) is 13.1. The molecule has 0 aromatic heterocycles. The quantitative estimate of drug-likeness (QED) is 0.227. The second kappa shape index (κ2) is 8.62. The average Bonchev–Trinajstić information content (AvgIpc) is 2.99. The van der Waals surface area contributed by atoms with Gasteiger partial charge in [-0.15, -0.1) is 0 Å². The topological polar surface area (TPSA) is 0 Å². The Morgan fingerprint density at radius 2 is 0.947 bits per heavy atom. The van der Waals surface area contributed by atoms with E-state index < -0.39 is 0 Å². The smallest absolute Gasteiger partial charge is 0.0374 e. The van der Waals surface area contributed by atoms with Crippen molar-refractivity contribution in [3.63, 3.8) is 0 Å². The van der Waals surface area contributed by atoms with Crippen LogP contribution in [0.5, 0.6) is 0 Å². The van der Waals surface area contributed by atoms with Crippen molar-refractivity contribution in [2.24, 2.45) is 0 Å². The molecule has 0 saturated heterocycles. The van der Waals surface area contributed by atoms with Gasteiger partial charge in [-0.05, 0) is 78.3 Å². The third kappa shape index (κ3) is 3.40. The maximum Gasteiger partial charge on any atom is 0.0374 e. The molecule has 7 aromatic rings. The van der Waals surface area contributed by atoms with Gasteiger partial charge in [0.2, 0.25) is 0 Å². The minimum absolute atomic E-state index is 0.164. The minimum atomic E-state index is 0.164. The lowest BCUT2D eigenvalue weighted by molar-refractivity contribution is 0.928. The van der Waals surface area contributed by atoms with Crippen molar-refractivity contribution >= 4 is 44.1 Å². The molecule has 178 valence electrons. The molecular weight excluding hydrogens is 476 g/mol. The van der Waals surface area contributed by atoms with E-state index in [0.717, 1.165) is 0 Å². The van der Waals surface area contributed by atoms with Gasteiger partial charge in [-0.2, -0.15) is 0 Å². The first kappa shape index (κ1) is 21.7. The Labute approximate surface area is 226 Å². The van der Waals surface area contributed by atoms with Gasteiger partial charge in [0.1, 0.15) is 0 Å². The lowest BCUT2D eigenvalue weighted by Gasteiger charge is -2.31. The molecule has 0 nitrogen and oxygen atoms in total. The molecule has 0 aliphatic carbocycles. The molecule has 0 fully saturated rings. The molecule has 1 heteroatoms. The standard InChI is InChI=1S/C37H24S/c1-2-8-24(9-3-1)27-14-15-29-23-30(17-16-28(29)22-27)35-36-31-12-6-4-10-25(31)18-20-33(36)38-34-21-19-26-11-5-7-13-32(26)37(34)35/h1-23,35H. The lowest BCUT2D eigenvalue weighted by atomic mass is 9.80. The van der Waals surface area contributed by atoms with Crippen LogP contribution < -0.4 is 0 Å². The molecule has 0 atom stereocenters. The molecule has 1 aliphatic heterocycles. The van der Waals surface area contributed by atoms with Crippen LogP contribution >= 0.6 is 11.8 Å². The predicted octanol–water partition coefficient (Wildman–Crippen LogP) is 10.5. The van der Waals surface area contributed by atoms with Crippen LogP contribution in [0, 0.1) is 0 Å². The molecule has 8 rings (SSSR count). The summed E-state index contributed by atoms with van der Waals surface area (Å²) in [6, 6.07) is 51.5. The van der Waals surface area contributed by atoms with E-state index in [9.17, 15) is 0 Å². The monoisotopic (exact) mass is 500 g/mol. The zero-order valence-electron chi connectivity index (χ0n) is 20.8. The number of benzene rings is 7. The molecule has 0 amide bonds. The van der Waals surface area contributed by atoms with Crippen molar-refractivity contribution < 1.29 is 0 Å². The predicted molar refractivity (Wildman–Crippen MR) is 162 cm³/mol. The number of fused-ring (bicyclic) bond motifs is 7. The van der Waals surface area contributed by atoms with Gasteiger partial charge in [-0.3, -0.25) is 0 Å². The highest BCUT2D eigenvalue weighted by Gasteiger charge is 2.31.